The van der Waals surface area contributed by atoms with Crippen LogP contribution in [0.5, 0.6) is 0 Å². The lowest BCUT2D eigenvalue weighted by Crippen LogP contribution is -2.40. The monoisotopic (exact) mass is 1860 g/mol. The maximum absolute atomic E-state index is 11.3. The lowest BCUT2D eigenvalue weighted by atomic mass is 9.92. The summed E-state index contributed by atoms with van der Waals surface area (Å²) in [6, 6.07) is 19.9. The van der Waals surface area contributed by atoms with E-state index in [0.29, 0.717) is 153 Å². The van der Waals surface area contributed by atoms with Crippen molar-refractivity contribution in [2.45, 2.75) is 190 Å². The minimum absolute atomic E-state index is 0. The number of methoxy groups -OCH3 is 1. The SMILES string of the molecule is C.C.C.C.C.C.C.C.C.CCCNc1c(NC)c(=O)c1=O.CNc1c(NC(C)C)c(=O)c1=O.CNc1c(NC2CCC2)c(=O)c1=O.CNc1c(NC2CCCCC2)c(=O)c1=O.CNc1c(NCC(C)C)c(=O)c1=O.CNc1c(NCCCOC)c(=O)c1=O.CNc1c(NCCN(C)C)c(=O)c1=O.CNc1c(NCc2ccccc2)c(=O)c1=O.CNc1c(Nc2ccccc2)c(=O)c1=O. The van der Waals surface area contributed by atoms with Gasteiger partial charge in [-0.25, -0.2) is 0 Å². The van der Waals surface area contributed by atoms with Crippen LogP contribution in [-0.2, 0) is 11.3 Å². The maximum atomic E-state index is 11.3. The second kappa shape index (κ2) is 62.7. The first kappa shape index (κ1) is 128. The predicted molar refractivity (Wildman–Crippen MR) is 567 cm³/mol. The highest BCUT2D eigenvalue weighted by molar-refractivity contribution is 5.81. The van der Waals surface area contributed by atoms with Crippen LogP contribution >= 0.6 is 0 Å². The summed E-state index contributed by atoms with van der Waals surface area (Å²) in [5, 5.41) is 51.1. The fourth-order valence-corrected chi connectivity index (χ4v) is 12.4. The molecule has 38 nitrogen and oxygen atoms in total. The van der Waals surface area contributed by atoms with Gasteiger partial charge < -0.3 is 105 Å². The number of nitrogens with one attached hydrogen (secondary N) is 18. The van der Waals surface area contributed by atoms with Crippen molar-refractivity contribution in [1.29, 1.82) is 0 Å². The molecule has 11 aromatic rings. The van der Waals surface area contributed by atoms with E-state index in [-0.39, 0.29) is 83.7 Å². The quantitative estimate of drug-likeness (QED) is 0.0130. The molecule has 0 spiro atoms. The third kappa shape index (κ3) is 33.1. The molecule has 0 saturated heterocycles. The summed E-state index contributed by atoms with van der Waals surface area (Å²) in [5.74, 6) is 0.453. The highest BCUT2D eigenvalue weighted by Gasteiger charge is 2.28. The molecule has 133 heavy (non-hydrogen) atoms. The van der Waals surface area contributed by atoms with Crippen LogP contribution in [0.15, 0.2) is 147 Å². The summed E-state index contributed by atoms with van der Waals surface area (Å²) in [5.41, 5.74) is 1.66. The Labute approximate surface area is 780 Å². The highest BCUT2D eigenvalue weighted by atomic mass is 16.5. The molecule has 742 valence electrons. The van der Waals surface area contributed by atoms with Crippen LogP contribution < -0.4 is 193 Å². The standard InChI is InChI=1S/C12H12N2O2.C11H16N2O2.C11H10N2O2.C9H15N3O2.C9H14N2O3.C9H12N2O2.C9H14N2O2.2C8H12N2O2.9CH4/c1-13-9-10(12(16)11(9)15)14-7-8-5-3-2-4-6-8;2*1-12-8-9(11(15)10(8)14)13-7-5-3-2-4-6-7;1-10-6-7(9(14)8(6)13)11-4-5-12(2)3;1-10-6-7(9(13)8(6)12)11-4-3-5-14-2;1-10-6-7(9(13)8(6)12)11-5-3-2-4-5;1-5(2)4-11-7-6(10-3)8(12)9(7)13;1-4(2)10-6-5(9-3)7(11)8(6)12;1-3-4-10-6-5(9-2)7(11)8(6)12;;;;;;;;;/h2-6,13-14H,7H2,1H3;7,12-13H,2-6H2,1H3;2-6,12-13H,1H3;10-11H,4-5H2,1-3H3;10-11H,3-5H2,1-2H3;5,10-11H,2-4H2,1H3;5,10-11H,4H2,1-3H3;4,9-10H,1-3H3;9-10H,3-4H2,1-2H3;9*1H4. The van der Waals surface area contributed by atoms with E-state index in [4.69, 9.17) is 4.74 Å². The minimum Gasteiger partial charge on any atom is -0.385 e. The minimum atomic E-state index is -0.469. The first-order chi connectivity index (χ1) is 59.1. The van der Waals surface area contributed by atoms with E-state index in [0.717, 1.165) is 62.9 Å². The van der Waals surface area contributed by atoms with E-state index in [1.54, 1.807) is 70.5 Å². The van der Waals surface area contributed by atoms with Gasteiger partial charge in [0.15, 0.2) is 0 Å². The summed E-state index contributed by atoms with van der Waals surface area (Å²) in [4.78, 5) is 201. The lowest BCUT2D eigenvalue weighted by molar-refractivity contribution is 0.198. The van der Waals surface area contributed by atoms with Gasteiger partial charge in [-0.15, -0.1) is 0 Å². The highest BCUT2D eigenvalue weighted by Crippen LogP contribution is 2.27. The summed E-state index contributed by atoms with van der Waals surface area (Å²) in [6.07, 6.45) is 11.0. The molecular formula is C95H153N19O19. The maximum Gasteiger partial charge on any atom is 0.253 e. The molecule has 13 rings (SSSR count). The van der Waals surface area contributed by atoms with Gasteiger partial charge >= 0.3 is 0 Å². The molecule has 0 atom stereocenters. The molecule has 0 unspecified atom stereocenters. The summed E-state index contributed by atoms with van der Waals surface area (Å²) in [6.45, 7) is 14.6. The second-order valence-corrected chi connectivity index (χ2v) is 29.5. The molecule has 0 radical (unpaired) electrons. The van der Waals surface area contributed by atoms with Crippen LogP contribution in [-0.4, -0.2) is 147 Å². The molecule has 0 aromatic heterocycles. The first-order valence-electron chi connectivity index (χ1n) is 40.7. The molecule has 2 aliphatic rings. The van der Waals surface area contributed by atoms with Crippen LogP contribution in [0.25, 0.3) is 0 Å². The normalized spacial score (nSPS) is 11.2. The van der Waals surface area contributed by atoms with E-state index in [2.05, 4.69) is 95.7 Å². The van der Waals surface area contributed by atoms with E-state index < -0.39 is 86.9 Å². The number of hydrogen-bond donors (Lipinski definition) is 18. The molecule has 0 amide bonds. The number of benzene rings is 2. The Morgan fingerprint density at radius 3 is 0.917 bits per heavy atom. The average molecular weight is 1870 g/mol. The summed E-state index contributed by atoms with van der Waals surface area (Å²) < 4.78 is 4.85. The van der Waals surface area contributed by atoms with E-state index in [9.17, 15) is 86.3 Å². The van der Waals surface area contributed by atoms with Crippen LogP contribution in [0.1, 0.15) is 171 Å². The summed E-state index contributed by atoms with van der Waals surface area (Å²) in [7, 11) is 20.2. The molecule has 18 N–H and O–H groups in total. The molecule has 0 heterocycles. The number of ether oxygens (including phenoxy) is 1. The molecular weight excluding hydrogens is 1710 g/mol. The number of para-hydroxylation sites is 1. The van der Waals surface area contributed by atoms with Gasteiger partial charge in [-0.05, 0) is 96.5 Å². The largest absolute Gasteiger partial charge is 0.385 e. The van der Waals surface area contributed by atoms with Crippen molar-refractivity contribution in [3.8, 4) is 0 Å². The Bertz CT molecular complexity index is 5970. The van der Waals surface area contributed by atoms with E-state index >= 15 is 0 Å². The van der Waals surface area contributed by atoms with Crippen molar-refractivity contribution in [3.63, 3.8) is 0 Å². The van der Waals surface area contributed by atoms with E-state index in [1.165, 1.54) is 25.7 Å². The van der Waals surface area contributed by atoms with Crippen molar-refractivity contribution in [1.82, 2.24) is 4.90 Å². The predicted octanol–water partition coefficient (Wildman–Crippen LogP) is 8.84. The van der Waals surface area contributed by atoms with Crippen molar-refractivity contribution in [3.05, 3.63) is 250 Å². The molecule has 38 heteroatoms. The fraction of sp³-hybridized carbons (Fsp3) is 0.495. The van der Waals surface area contributed by atoms with Crippen LogP contribution in [0, 0.1) is 5.92 Å². The zero-order chi connectivity index (χ0) is 92.4. The molecule has 0 aliphatic heterocycles. The average Bonchev–Trinajstić information content (AvgIpc) is 0.674. The van der Waals surface area contributed by atoms with Crippen LogP contribution in [0.4, 0.5) is 108 Å². The van der Waals surface area contributed by atoms with Gasteiger partial charge in [-0.1, -0.05) is 155 Å². The second-order valence-electron chi connectivity index (χ2n) is 29.5. The number of rotatable bonds is 35. The van der Waals surface area contributed by atoms with Crippen molar-refractivity contribution in [2.24, 2.45) is 5.92 Å². The first-order valence-corrected chi connectivity index (χ1v) is 40.7. The van der Waals surface area contributed by atoms with E-state index in [1.807, 2.05) is 114 Å². The third-order valence-electron chi connectivity index (χ3n) is 19.6. The molecule has 11 aromatic carbocycles. The number of anilines is 19. The zero-order valence-corrected chi connectivity index (χ0v) is 73.3. The van der Waals surface area contributed by atoms with Gasteiger partial charge in [-0.2, -0.15) is 0 Å². The fourth-order valence-electron chi connectivity index (χ4n) is 12.4. The van der Waals surface area contributed by atoms with Gasteiger partial charge in [-0.3, -0.25) is 86.3 Å². The van der Waals surface area contributed by atoms with Gasteiger partial charge in [0.05, 0.1) is 0 Å². The van der Waals surface area contributed by atoms with Crippen LogP contribution in [0.3, 0.4) is 0 Å². The van der Waals surface area contributed by atoms with Gasteiger partial charge in [0.1, 0.15) is 102 Å². The van der Waals surface area contributed by atoms with Crippen molar-refractivity contribution < 1.29 is 4.74 Å². The molecule has 2 saturated carbocycles. The van der Waals surface area contributed by atoms with Gasteiger partial charge in [0, 0.05) is 140 Å². The van der Waals surface area contributed by atoms with Gasteiger partial charge in [0.25, 0.3) is 97.7 Å². The zero-order valence-electron chi connectivity index (χ0n) is 73.3. The topological polar surface area (TPSA) is 536 Å². The lowest BCUT2D eigenvalue weighted by Gasteiger charge is -2.28. The Kier molecular flexibility index (Phi) is 60.3. The number of hydrogen-bond acceptors (Lipinski definition) is 38. The molecule has 0 bridgehead atoms. The number of nitrogens with zero attached hydrogens (tertiary/aromatic N) is 1. The van der Waals surface area contributed by atoms with Gasteiger partial charge in [0.2, 0.25) is 0 Å². The Morgan fingerprint density at radius 2 is 0.602 bits per heavy atom. The smallest absolute Gasteiger partial charge is 0.253 e. The molecule has 2 fully saturated rings. The third-order valence-corrected chi connectivity index (χ3v) is 19.6. The number of likely N-dealkylation sites (N-methyl/N-ethyl adjacent to an activating group) is 1. The summed E-state index contributed by atoms with van der Waals surface area (Å²) >= 11 is 0. The molecule has 2 aliphatic carbocycles. The Morgan fingerprint density at radius 1 is 0.323 bits per heavy atom. The Hall–Kier alpha value is -13.5. The Balaban J connectivity index is -0.000000459. The van der Waals surface area contributed by atoms with Crippen LogP contribution in [0.2, 0.25) is 0 Å². The van der Waals surface area contributed by atoms with Crippen molar-refractivity contribution >= 4 is 108 Å². The van der Waals surface area contributed by atoms with Crippen molar-refractivity contribution in [2.75, 3.05) is 220 Å².